The van der Waals surface area contributed by atoms with Crippen molar-refractivity contribution in [2.24, 2.45) is 0 Å². The zero-order valence-corrected chi connectivity index (χ0v) is 18.3. The summed E-state index contributed by atoms with van der Waals surface area (Å²) in [4.78, 5) is 28.2. The topological polar surface area (TPSA) is 78.2 Å². The van der Waals surface area contributed by atoms with E-state index in [0.717, 1.165) is 10.0 Å². The third kappa shape index (κ3) is 3.26. The second-order valence-corrected chi connectivity index (χ2v) is 7.74. The van der Waals surface area contributed by atoms with Crippen LogP contribution in [-0.4, -0.2) is 45.3 Å². The molecule has 0 spiro atoms. The van der Waals surface area contributed by atoms with E-state index in [4.69, 9.17) is 18.6 Å². The Kier molecular flexibility index (Phi) is 5.53. The second kappa shape index (κ2) is 8.12. The van der Waals surface area contributed by atoms with Gasteiger partial charge in [-0.2, -0.15) is 0 Å². The fourth-order valence-corrected chi connectivity index (χ4v) is 4.14. The first-order valence-electron chi connectivity index (χ1n) is 9.28. The molecule has 1 aliphatic heterocycles. The van der Waals surface area contributed by atoms with Crippen molar-refractivity contribution in [3.05, 3.63) is 68.0 Å². The van der Waals surface area contributed by atoms with E-state index in [1.54, 1.807) is 49.5 Å². The Morgan fingerprint density at radius 2 is 1.80 bits per heavy atom. The predicted molar refractivity (Wildman–Crippen MR) is 114 cm³/mol. The summed E-state index contributed by atoms with van der Waals surface area (Å²) in [5.74, 6) is 0.786. The Labute approximate surface area is 181 Å². The highest BCUT2D eigenvalue weighted by Gasteiger charge is 2.42. The summed E-state index contributed by atoms with van der Waals surface area (Å²) in [6.45, 7) is 0.626. The van der Waals surface area contributed by atoms with Crippen molar-refractivity contribution in [1.29, 1.82) is 0 Å². The second-order valence-electron chi connectivity index (χ2n) is 6.82. The molecule has 2 aromatic carbocycles. The zero-order chi connectivity index (χ0) is 21.4. The first kappa shape index (κ1) is 20.4. The number of halogens is 1. The predicted octanol–water partition coefficient (Wildman–Crippen LogP) is 3.76. The maximum Gasteiger partial charge on any atom is 0.290 e. The van der Waals surface area contributed by atoms with E-state index in [9.17, 15) is 9.59 Å². The Bertz CT molecular complexity index is 1190. The average Bonchev–Trinajstić information content (AvgIpc) is 3.04. The summed E-state index contributed by atoms with van der Waals surface area (Å²) >= 11 is 3.40. The summed E-state index contributed by atoms with van der Waals surface area (Å²) in [6, 6.07) is 9.87. The van der Waals surface area contributed by atoms with E-state index in [0.29, 0.717) is 41.2 Å². The van der Waals surface area contributed by atoms with Crippen LogP contribution in [0.3, 0.4) is 0 Å². The van der Waals surface area contributed by atoms with E-state index >= 15 is 0 Å². The highest BCUT2D eigenvalue weighted by molar-refractivity contribution is 9.10. The van der Waals surface area contributed by atoms with Crippen LogP contribution in [0, 0.1) is 0 Å². The summed E-state index contributed by atoms with van der Waals surface area (Å²) < 4.78 is 22.6. The zero-order valence-electron chi connectivity index (χ0n) is 16.7. The maximum absolute atomic E-state index is 13.5. The maximum atomic E-state index is 13.5. The standard InChI is InChI=1S/C22H20BrNO6/c1-27-9-8-24-19(12-4-6-16(28-2)17(10-12)29-3)18-20(25)14-11-13(23)5-7-15(14)30-21(18)22(24)26/h4-7,10-11,19H,8-9H2,1-3H3. The molecule has 156 valence electrons. The Morgan fingerprint density at radius 1 is 1.03 bits per heavy atom. The van der Waals surface area contributed by atoms with Crippen LogP contribution < -0.4 is 14.9 Å². The number of nitrogens with zero attached hydrogens (tertiary/aromatic N) is 1. The van der Waals surface area contributed by atoms with Crippen molar-refractivity contribution in [3.8, 4) is 11.5 Å². The molecule has 0 aliphatic carbocycles. The molecule has 3 aromatic rings. The van der Waals surface area contributed by atoms with Gasteiger partial charge in [0.1, 0.15) is 5.58 Å². The highest BCUT2D eigenvalue weighted by atomic mass is 79.9. The normalized spacial score (nSPS) is 15.5. The summed E-state index contributed by atoms with van der Waals surface area (Å²) in [5.41, 5.74) is 1.17. The average molecular weight is 474 g/mol. The van der Waals surface area contributed by atoms with Crippen molar-refractivity contribution < 1.29 is 23.4 Å². The van der Waals surface area contributed by atoms with Gasteiger partial charge in [0.05, 0.1) is 37.8 Å². The number of rotatable bonds is 6. The number of fused-ring (bicyclic) bond motifs is 2. The van der Waals surface area contributed by atoms with Crippen LogP contribution in [0.15, 0.2) is 50.1 Å². The molecule has 1 atom stereocenters. The molecule has 0 radical (unpaired) electrons. The largest absolute Gasteiger partial charge is 0.493 e. The molecule has 30 heavy (non-hydrogen) atoms. The van der Waals surface area contributed by atoms with Gasteiger partial charge in [0, 0.05) is 18.1 Å². The van der Waals surface area contributed by atoms with Crippen molar-refractivity contribution >= 4 is 32.8 Å². The molecule has 0 bridgehead atoms. The van der Waals surface area contributed by atoms with Crippen LogP contribution in [0.2, 0.25) is 0 Å². The Balaban J connectivity index is 1.96. The lowest BCUT2D eigenvalue weighted by atomic mass is 9.98. The van der Waals surface area contributed by atoms with Gasteiger partial charge in [0.25, 0.3) is 5.91 Å². The third-order valence-electron chi connectivity index (χ3n) is 5.19. The van der Waals surface area contributed by atoms with E-state index in [2.05, 4.69) is 15.9 Å². The van der Waals surface area contributed by atoms with Crippen LogP contribution in [0.1, 0.15) is 27.7 Å². The molecule has 7 nitrogen and oxygen atoms in total. The molecule has 1 unspecified atom stereocenters. The molecule has 0 saturated heterocycles. The number of carbonyl (C=O) groups is 1. The first-order chi connectivity index (χ1) is 14.5. The molecule has 1 aliphatic rings. The summed E-state index contributed by atoms with van der Waals surface area (Å²) in [7, 11) is 4.65. The molecular formula is C22H20BrNO6. The van der Waals surface area contributed by atoms with Gasteiger partial charge in [-0.15, -0.1) is 0 Å². The summed E-state index contributed by atoms with van der Waals surface area (Å²) in [6.07, 6.45) is 0. The quantitative estimate of drug-likeness (QED) is 0.542. The Morgan fingerprint density at radius 3 is 2.50 bits per heavy atom. The lowest BCUT2D eigenvalue weighted by Gasteiger charge is -2.25. The summed E-state index contributed by atoms with van der Waals surface area (Å²) in [5, 5.41) is 0.412. The van der Waals surface area contributed by atoms with Gasteiger partial charge in [-0.05, 0) is 35.9 Å². The van der Waals surface area contributed by atoms with Crippen molar-refractivity contribution in [1.82, 2.24) is 4.90 Å². The number of carbonyl (C=O) groups excluding carboxylic acids is 1. The van der Waals surface area contributed by atoms with Gasteiger partial charge < -0.3 is 23.5 Å². The van der Waals surface area contributed by atoms with Gasteiger partial charge >= 0.3 is 0 Å². The molecule has 2 heterocycles. The molecule has 1 amide bonds. The van der Waals surface area contributed by atoms with Gasteiger partial charge in [-0.25, -0.2) is 0 Å². The monoisotopic (exact) mass is 473 g/mol. The van der Waals surface area contributed by atoms with Crippen molar-refractivity contribution in [2.75, 3.05) is 34.5 Å². The van der Waals surface area contributed by atoms with Crippen molar-refractivity contribution in [2.45, 2.75) is 6.04 Å². The fourth-order valence-electron chi connectivity index (χ4n) is 3.78. The van der Waals surface area contributed by atoms with Gasteiger partial charge in [0.15, 0.2) is 16.9 Å². The number of methoxy groups -OCH3 is 3. The SMILES string of the molecule is COCCN1C(=O)c2oc3ccc(Br)cc3c(=O)c2C1c1ccc(OC)c(OC)c1. The minimum absolute atomic E-state index is 0.0608. The number of benzene rings is 2. The molecule has 4 rings (SSSR count). The molecule has 0 saturated carbocycles. The number of hydrogen-bond donors (Lipinski definition) is 0. The van der Waals surface area contributed by atoms with Crippen LogP contribution >= 0.6 is 15.9 Å². The number of hydrogen-bond acceptors (Lipinski definition) is 6. The van der Waals surface area contributed by atoms with Gasteiger partial charge in [0.2, 0.25) is 5.76 Å². The van der Waals surface area contributed by atoms with Crippen LogP contribution in [0.5, 0.6) is 11.5 Å². The number of ether oxygens (including phenoxy) is 3. The van der Waals surface area contributed by atoms with Crippen molar-refractivity contribution in [3.63, 3.8) is 0 Å². The fraction of sp³-hybridized carbons (Fsp3) is 0.273. The van der Waals surface area contributed by atoms with E-state index < -0.39 is 6.04 Å². The van der Waals surface area contributed by atoms with Gasteiger partial charge in [-0.3, -0.25) is 9.59 Å². The Hall–Kier alpha value is -2.84. The smallest absolute Gasteiger partial charge is 0.290 e. The highest BCUT2D eigenvalue weighted by Crippen LogP contribution is 2.40. The van der Waals surface area contributed by atoms with Crippen LogP contribution in [0.25, 0.3) is 11.0 Å². The number of amides is 1. The lowest BCUT2D eigenvalue weighted by molar-refractivity contribution is 0.0663. The van der Waals surface area contributed by atoms with Crippen LogP contribution in [-0.2, 0) is 4.74 Å². The molecule has 8 heteroatoms. The van der Waals surface area contributed by atoms with E-state index in [-0.39, 0.29) is 17.1 Å². The molecule has 0 N–H and O–H groups in total. The molecular weight excluding hydrogens is 454 g/mol. The van der Waals surface area contributed by atoms with E-state index in [1.165, 1.54) is 7.11 Å². The molecule has 1 aromatic heterocycles. The van der Waals surface area contributed by atoms with Crippen LogP contribution in [0.4, 0.5) is 0 Å². The minimum atomic E-state index is -0.623. The molecule has 0 fully saturated rings. The lowest BCUT2D eigenvalue weighted by Crippen LogP contribution is -2.32. The minimum Gasteiger partial charge on any atom is -0.493 e. The van der Waals surface area contributed by atoms with Gasteiger partial charge in [-0.1, -0.05) is 22.0 Å². The third-order valence-corrected chi connectivity index (χ3v) is 5.68. The van der Waals surface area contributed by atoms with E-state index in [1.807, 2.05) is 6.07 Å². The first-order valence-corrected chi connectivity index (χ1v) is 10.1.